The van der Waals surface area contributed by atoms with Crippen LogP contribution in [0.15, 0.2) is 30.3 Å². The van der Waals surface area contributed by atoms with Gasteiger partial charge in [-0.15, -0.1) is 5.43 Å². The second-order valence-corrected chi connectivity index (χ2v) is 3.00. The highest BCUT2D eigenvalue weighted by Gasteiger charge is 2.19. The van der Waals surface area contributed by atoms with E-state index in [1.165, 1.54) is 23.2 Å². The monoisotopic (exact) mass is 191 g/mol. The standard InChI is InChI=1S/C10H8FN2O/c1-13-9(6-10(14)12-13)7-2-4-8(11)5-3-7/h2-6H,1H3. The Labute approximate surface area is 80.8 Å². The average Bonchev–Trinajstić information content (AvgIpc) is 2.47. The Kier molecular flexibility index (Phi) is 1.96. The van der Waals surface area contributed by atoms with Crippen LogP contribution in [0.3, 0.4) is 0 Å². The Morgan fingerprint density at radius 2 is 1.93 bits per heavy atom. The topological polar surface area (TPSA) is 34.4 Å². The van der Waals surface area contributed by atoms with Crippen molar-refractivity contribution in [3.63, 3.8) is 0 Å². The summed E-state index contributed by atoms with van der Waals surface area (Å²) < 4.78 is 12.6. The normalized spacial score (nSPS) is 15.4. The molecule has 0 saturated carbocycles. The quantitative estimate of drug-likeness (QED) is 0.667. The van der Waals surface area contributed by atoms with Crippen molar-refractivity contribution in [2.45, 2.75) is 0 Å². The maximum absolute atomic E-state index is 12.6. The highest BCUT2D eigenvalue weighted by Crippen LogP contribution is 2.20. The molecule has 0 fully saturated rings. The van der Waals surface area contributed by atoms with Crippen molar-refractivity contribution in [3.8, 4) is 0 Å². The number of hydrogen-bond donors (Lipinski definition) is 0. The number of benzene rings is 1. The number of carbonyl (C=O) groups excluding carboxylic acids is 1. The van der Waals surface area contributed by atoms with Crippen molar-refractivity contribution in [1.82, 2.24) is 10.4 Å². The molecule has 0 aliphatic carbocycles. The van der Waals surface area contributed by atoms with Gasteiger partial charge in [0.1, 0.15) is 5.82 Å². The summed E-state index contributed by atoms with van der Waals surface area (Å²) >= 11 is 0. The minimum atomic E-state index is -0.293. The Bertz CT molecular complexity index is 397. The van der Waals surface area contributed by atoms with Crippen LogP contribution in [0.25, 0.3) is 5.70 Å². The van der Waals surface area contributed by atoms with E-state index in [1.807, 2.05) is 0 Å². The van der Waals surface area contributed by atoms with Gasteiger partial charge >= 0.3 is 0 Å². The summed E-state index contributed by atoms with van der Waals surface area (Å²) in [5, 5.41) is 1.48. The molecule has 0 unspecified atom stereocenters. The summed E-state index contributed by atoms with van der Waals surface area (Å²) in [7, 11) is 1.68. The molecule has 0 aromatic heterocycles. The van der Waals surface area contributed by atoms with Crippen molar-refractivity contribution >= 4 is 11.6 Å². The largest absolute Gasteiger partial charge is 0.288 e. The number of hydrogen-bond acceptors (Lipinski definition) is 2. The predicted octanol–water partition coefficient (Wildman–Crippen LogP) is 1.16. The lowest BCUT2D eigenvalue weighted by atomic mass is 10.1. The molecule has 0 atom stereocenters. The van der Waals surface area contributed by atoms with E-state index < -0.39 is 0 Å². The molecule has 14 heavy (non-hydrogen) atoms. The van der Waals surface area contributed by atoms with Crippen LogP contribution in [0.5, 0.6) is 0 Å². The molecule has 1 heterocycles. The minimum Gasteiger partial charge on any atom is -0.266 e. The molecule has 71 valence electrons. The van der Waals surface area contributed by atoms with Gasteiger partial charge in [0.05, 0.1) is 5.70 Å². The smallest absolute Gasteiger partial charge is 0.266 e. The summed E-state index contributed by atoms with van der Waals surface area (Å²) in [5.74, 6) is -0.579. The Morgan fingerprint density at radius 1 is 1.29 bits per heavy atom. The molecule has 0 bridgehead atoms. The Morgan fingerprint density at radius 3 is 2.43 bits per heavy atom. The lowest BCUT2D eigenvalue weighted by molar-refractivity contribution is -0.118. The van der Waals surface area contributed by atoms with E-state index in [4.69, 9.17) is 0 Å². The lowest BCUT2D eigenvalue weighted by Crippen LogP contribution is -2.22. The summed E-state index contributed by atoms with van der Waals surface area (Å²) in [6.45, 7) is 0. The van der Waals surface area contributed by atoms with Crippen molar-refractivity contribution in [3.05, 3.63) is 41.7 Å². The number of carbonyl (C=O) groups is 1. The van der Waals surface area contributed by atoms with Crippen LogP contribution in [0.1, 0.15) is 5.56 Å². The van der Waals surface area contributed by atoms with Crippen LogP contribution in [0.4, 0.5) is 4.39 Å². The predicted molar refractivity (Wildman–Crippen MR) is 49.3 cm³/mol. The first kappa shape index (κ1) is 8.74. The molecule has 0 spiro atoms. The van der Waals surface area contributed by atoms with E-state index in [0.717, 1.165) is 5.56 Å². The summed E-state index contributed by atoms with van der Waals surface area (Å²) in [5.41, 5.74) is 5.15. The molecule has 1 radical (unpaired) electrons. The van der Waals surface area contributed by atoms with Crippen LogP contribution in [0, 0.1) is 5.82 Å². The molecule has 1 aromatic rings. The minimum absolute atomic E-state index is 0.285. The number of halogens is 1. The van der Waals surface area contributed by atoms with E-state index in [2.05, 4.69) is 5.43 Å². The van der Waals surface area contributed by atoms with Gasteiger partial charge in [0, 0.05) is 18.7 Å². The molecule has 4 heteroatoms. The fraction of sp³-hybridized carbons (Fsp3) is 0.100. The third-order valence-corrected chi connectivity index (χ3v) is 2.00. The molecule has 1 aliphatic rings. The first-order chi connectivity index (χ1) is 6.66. The van der Waals surface area contributed by atoms with E-state index in [9.17, 15) is 9.18 Å². The zero-order valence-corrected chi connectivity index (χ0v) is 7.57. The fourth-order valence-corrected chi connectivity index (χ4v) is 1.33. The Hall–Kier alpha value is -1.84. The molecule has 0 saturated heterocycles. The molecule has 2 rings (SSSR count). The number of nitrogens with zero attached hydrogens (tertiary/aromatic N) is 2. The highest BCUT2D eigenvalue weighted by molar-refractivity contribution is 5.98. The zero-order chi connectivity index (χ0) is 10.1. The van der Waals surface area contributed by atoms with Gasteiger partial charge in [-0.05, 0) is 24.3 Å². The third-order valence-electron chi connectivity index (χ3n) is 2.00. The molecule has 0 N–H and O–H groups in total. The lowest BCUT2D eigenvalue weighted by Gasteiger charge is -2.12. The third kappa shape index (κ3) is 1.46. The van der Waals surface area contributed by atoms with Gasteiger partial charge < -0.3 is 0 Å². The van der Waals surface area contributed by atoms with Gasteiger partial charge in [0.2, 0.25) is 0 Å². The van der Waals surface area contributed by atoms with Gasteiger partial charge in [-0.1, -0.05) is 0 Å². The second-order valence-electron chi connectivity index (χ2n) is 3.00. The summed E-state index contributed by atoms with van der Waals surface area (Å²) in [6, 6.07) is 5.94. The van der Waals surface area contributed by atoms with Crippen molar-refractivity contribution in [1.29, 1.82) is 0 Å². The van der Waals surface area contributed by atoms with Crippen LogP contribution in [-0.4, -0.2) is 18.0 Å². The van der Waals surface area contributed by atoms with Gasteiger partial charge in [0.15, 0.2) is 0 Å². The first-order valence-electron chi connectivity index (χ1n) is 4.14. The van der Waals surface area contributed by atoms with Crippen LogP contribution >= 0.6 is 0 Å². The van der Waals surface area contributed by atoms with E-state index in [1.54, 1.807) is 19.2 Å². The number of rotatable bonds is 1. The molecule has 1 amide bonds. The number of amides is 1. The van der Waals surface area contributed by atoms with Crippen molar-refractivity contribution < 1.29 is 9.18 Å². The van der Waals surface area contributed by atoms with Gasteiger partial charge in [0.25, 0.3) is 5.91 Å². The SMILES string of the molecule is CN1[N]C(=O)C=C1c1ccc(F)cc1. The van der Waals surface area contributed by atoms with Crippen molar-refractivity contribution in [2.75, 3.05) is 7.05 Å². The zero-order valence-electron chi connectivity index (χ0n) is 7.57. The van der Waals surface area contributed by atoms with Crippen LogP contribution in [-0.2, 0) is 4.79 Å². The highest BCUT2D eigenvalue weighted by atomic mass is 19.1. The molecular weight excluding hydrogens is 183 g/mol. The average molecular weight is 191 g/mol. The van der Waals surface area contributed by atoms with E-state index in [-0.39, 0.29) is 11.7 Å². The van der Waals surface area contributed by atoms with Crippen LogP contribution in [0.2, 0.25) is 0 Å². The van der Waals surface area contributed by atoms with Gasteiger partial charge in [-0.25, -0.2) is 4.39 Å². The maximum atomic E-state index is 12.6. The molecular formula is C10H8FN2O. The molecule has 3 nitrogen and oxygen atoms in total. The molecule has 1 aromatic carbocycles. The van der Waals surface area contributed by atoms with Gasteiger partial charge in [-0.2, -0.15) is 0 Å². The van der Waals surface area contributed by atoms with Crippen molar-refractivity contribution in [2.24, 2.45) is 0 Å². The van der Waals surface area contributed by atoms with E-state index in [0.29, 0.717) is 5.70 Å². The fourth-order valence-electron chi connectivity index (χ4n) is 1.33. The van der Waals surface area contributed by atoms with Gasteiger partial charge in [-0.3, -0.25) is 9.80 Å². The second kappa shape index (κ2) is 3.14. The van der Waals surface area contributed by atoms with Crippen LogP contribution < -0.4 is 5.43 Å². The van der Waals surface area contributed by atoms with E-state index >= 15 is 0 Å². The Balaban J connectivity index is 2.36. The molecule has 1 aliphatic heterocycles. The first-order valence-corrected chi connectivity index (χ1v) is 4.14. The summed E-state index contributed by atoms with van der Waals surface area (Å²) in [4.78, 5) is 10.9. The summed E-state index contributed by atoms with van der Waals surface area (Å²) in [6.07, 6.45) is 1.42. The maximum Gasteiger partial charge on any atom is 0.288 e.